The third kappa shape index (κ3) is 5.02. The van der Waals surface area contributed by atoms with Gasteiger partial charge in [-0.2, -0.15) is 0 Å². The van der Waals surface area contributed by atoms with E-state index in [9.17, 15) is 9.59 Å². The number of carbonyl (C=O) groups excluding carboxylic acids is 2. The van der Waals surface area contributed by atoms with Crippen LogP contribution in [0.1, 0.15) is 27.4 Å². The second-order valence-electron chi connectivity index (χ2n) is 8.45. The summed E-state index contributed by atoms with van der Waals surface area (Å²) in [7, 11) is 5.78. The van der Waals surface area contributed by atoms with Crippen LogP contribution >= 0.6 is 0 Å². The summed E-state index contributed by atoms with van der Waals surface area (Å²) in [5, 5.41) is 2.97. The molecule has 1 N–H and O–H groups in total. The fourth-order valence-electron chi connectivity index (χ4n) is 3.87. The third-order valence-corrected chi connectivity index (χ3v) is 5.73. The predicted octanol–water partition coefficient (Wildman–Crippen LogP) is 4.18. The zero-order chi connectivity index (χ0) is 23.4. The highest BCUT2D eigenvalue weighted by molar-refractivity contribution is 6.24. The van der Waals surface area contributed by atoms with Gasteiger partial charge in [0.15, 0.2) is 0 Å². The van der Waals surface area contributed by atoms with Crippen LogP contribution in [-0.2, 0) is 4.79 Å². The average molecular weight is 441 g/mol. The Balaban J connectivity index is 1.65. The number of fused-ring (bicyclic) bond motifs is 1. The lowest BCUT2D eigenvalue weighted by molar-refractivity contribution is -0.115. The van der Waals surface area contributed by atoms with Crippen molar-refractivity contribution in [1.82, 2.24) is 9.80 Å². The maximum absolute atomic E-state index is 12.9. The second kappa shape index (κ2) is 9.79. The highest BCUT2D eigenvalue weighted by atomic mass is 16.2. The van der Waals surface area contributed by atoms with E-state index < -0.39 is 5.92 Å². The Morgan fingerprint density at radius 2 is 1.52 bits per heavy atom. The van der Waals surface area contributed by atoms with Crippen LogP contribution in [0.5, 0.6) is 0 Å². The van der Waals surface area contributed by atoms with Crippen molar-refractivity contribution in [2.24, 2.45) is 4.99 Å². The van der Waals surface area contributed by atoms with Crippen molar-refractivity contribution in [3.63, 3.8) is 0 Å². The molecule has 0 bridgehead atoms. The van der Waals surface area contributed by atoms with Crippen molar-refractivity contribution in [3.05, 3.63) is 95.6 Å². The Kier molecular flexibility index (Phi) is 6.66. The van der Waals surface area contributed by atoms with Crippen molar-refractivity contribution >= 4 is 28.9 Å². The maximum atomic E-state index is 12.9. The molecule has 1 heterocycles. The summed E-state index contributed by atoms with van der Waals surface area (Å²) in [5.74, 6) is -0.616. The fraction of sp³-hybridized carbons (Fsp3) is 0.222. The highest BCUT2D eigenvalue weighted by Gasteiger charge is 2.35. The lowest BCUT2D eigenvalue weighted by Crippen LogP contribution is -2.33. The molecule has 0 radical (unpaired) electrons. The summed E-state index contributed by atoms with van der Waals surface area (Å²) in [6.07, 6.45) is 0. The Hall–Kier alpha value is -3.77. The van der Waals surface area contributed by atoms with Crippen molar-refractivity contribution in [1.29, 1.82) is 0 Å². The molecule has 0 aliphatic carbocycles. The highest BCUT2D eigenvalue weighted by Crippen LogP contribution is 2.36. The van der Waals surface area contributed by atoms with Crippen LogP contribution in [0.4, 0.5) is 11.4 Å². The van der Waals surface area contributed by atoms with E-state index in [1.165, 1.54) is 0 Å². The van der Waals surface area contributed by atoms with Gasteiger partial charge in [0.2, 0.25) is 5.91 Å². The Morgan fingerprint density at radius 3 is 2.21 bits per heavy atom. The molecule has 0 saturated heterocycles. The van der Waals surface area contributed by atoms with E-state index in [1.54, 1.807) is 17.0 Å². The number of anilines is 1. The molecule has 0 saturated carbocycles. The molecule has 1 unspecified atom stereocenters. The van der Waals surface area contributed by atoms with Gasteiger partial charge < -0.3 is 15.1 Å². The SMILES string of the molecule is CN(C)CCN(C)C(=O)c1ccc(N=C(c2ccccc2)C2C(=O)Nc3ccccc32)cc1. The molecular formula is C27H28N4O2. The summed E-state index contributed by atoms with van der Waals surface area (Å²) in [4.78, 5) is 34.3. The van der Waals surface area contributed by atoms with Gasteiger partial charge in [0.05, 0.1) is 11.4 Å². The fourth-order valence-corrected chi connectivity index (χ4v) is 3.87. The van der Waals surface area contributed by atoms with Crippen LogP contribution in [0.25, 0.3) is 0 Å². The van der Waals surface area contributed by atoms with E-state index in [4.69, 9.17) is 4.99 Å². The van der Waals surface area contributed by atoms with Crippen LogP contribution in [0.3, 0.4) is 0 Å². The van der Waals surface area contributed by atoms with Crippen molar-refractivity contribution < 1.29 is 9.59 Å². The van der Waals surface area contributed by atoms with E-state index in [0.717, 1.165) is 23.4 Å². The number of likely N-dealkylation sites (N-methyl/N-ethyl adjacent to an activating group) is 2. The van der Waals surface area contributed by atoms with Gasteiger partial charge in [0.1, 0.15) is 5.92 Å². The van der Waals surface area contributed by atoms with Gasteiger partial charge in [-0.15, -0.1) is 0 Å². The van der Waals surface area contributed by atoms with E-state index in [1.807, 2.05) is 92.8 Å². The smallest absolute Gasteiger partial charge is 0.253 e. The zero-order valence-corrected chi connectivity index (χ0v) is 19.2. The molecule has 6 nitrogen and oxygen atoms in total. The number of hydrogen-bond acceptors (Lipinski definition) is 4. The molecule has 2 amide bonds. The first-order valence-electron chi connectivity index (χ1n) is 11.0. The summed E-state index contributed by atoms with van der Waals surface area (Å²) in [6.45, 7) is 1.45. The summed E-state index contributed by atoms with van der Waals surface area (Å²) in [6, 6.07) is 24.7. The minimum atomic E-state index is -0.498. The number of rotatable bonds is 7. The van der Waals surface area contributed by atoms with Gasteiger partial charge in [-0.3, -0.25) is 14.6 Å². The second-order valence-corrected chi connectivity index (χ2v) is 8.45. The van der Waals surface area contributed by atoms with Gasteiger partial charge in [-0.1, -0.05) is 48.5 Å². The third-order valence-electron chi connectivity index (χ3n) is 5.73. The molecule has 0 fully saturated rings. The Labute approximate surface area is 194 Å². The molecule has 0 aromatic heterocycles. The molecule has 3 aromatic rings. The molecule has 1 aliphatic heterocycles. The Bertz CT molecular complexity index is 1170. The topological polar surface area (TPSA) is 65.0 Å². The first-order valence-corrected chi connectivity index (χ1v) is 11.0. The predicted molar refractivity (Wildman–Crippen MR) is 132 cm³/mol. The first kappa shape index (κ1) is 22.4. The maximum Gasteiger partial charge on any atom is 0.253 e. The molecule has 168 valence electrons. The zero-order valence-electron chi connectivity index (χ0n) is 19.2. The first-order chi connectivity index (χ1) is 15.9. The molecule has 33 heavy (non-hydrogen) atoms. The van der Waals surface area contributed by atoms with Crippen LogP contribution in [0, 0.1) is 0 Å². The van der Waals surface area contributed by atoms with E-state index >= 15 is 0 Å². The van der Waals surface area contributed by atoms with E-state index in [-0.39, 0.29) is 11.8 Å². The molecule has 6 heteroatoms. The molecule has 1 atom stereocenters. The van der Waals surface area contributed by atoms with Crippen LogP contribution in [-0.4, -0.2) is 61.6 Å². The number of nitrogens with zero attached hydrogens (tertiary/aromatic N) is 3. The number of aliphatic imine (C=N–C) groups is 1. The lowest BCUT2D eigenvalue weighted by Gasteiger charge is -2.19. The summed E-state index contributed by atoms with van der Waals surface area (Å²) in [5.41, 5.74) is 4.61. The summed E-state index contributed by atoms with van der Waals surface area (Å²) < 4.78 is 0. The monoisotopic (exact) mass is 440 g/mol. The number of amides is 2. The molecule has 0 spiro atoms. The number of hydrogen-bond donors (Lipinski definition) is 1. The standard InChI is InChI=1S/C27H28N4O2/c1-30(2)17-18-31(3)27(33)20-13-15-21(16-14-20)28-25(19-9-5-4-6-10-19)24-22-11-7-8-12-23(22)29-26(24)32/h4-16,24H,17-18H2,1-3H3,(H,29,32). The number of benzene rings is 3. The normalized spacial score (nSPS) is 15.3. The molecule has 1 aliphatic rings. The van der Waals surface area contributed by atoms with Gasteiger partial charge in [-0.25, -0.2) is 0 Å². The van der Waals surface area contributed by atoms with Crippen molar-refractivity contribution in [2.45, 2.75) is 5.92 Å². The largest absolute Gasteiger partial charge is 0.340 e. The molecular weight excluding hydrogens is 412 g/mol. The molecule has 3 aromatic carbocycles. The van der Waals surface area contributed by atoms with Gasteiger partial charge in [0, 0.05) is 31.4 Å². The van der Waals surface area contributed by atoms with Gasteiger partial charge in [-0.05, 0) is 55.6 Å². The van der Waals surface area contributed by atoms with E-state index in [0.29, 0.717) is 23.5 Å². The van der Waals surface area contributed by atoms with Crippen molar-refractivity contribution in [2.75, 3.05) is 39.5 Å². The van der Waals surface area contributed by atoms with Gasteiger partial charge >= 0.3 is 0 Å². The lowest BCUT2D eigenvalue weighted by atomic mass is 9.90. The summed E-state index contributed by atoms with van der Waals surface area (Å²) >= 11 is 0. The van der Waals surface area contributed by atoms with Crippen LogP contribution in [0.15, 0.2) is 83.9 Å². The van der Waals surface area contributed by atoms with Crippen LogP contribution in [0.2, 0.25) is 0 Å². The average Bonchev–Trinajstić information content (AvgIpc) is 3.17. The minimum absolute atomic E-state index is 0.0280. The Morgan fingerprint density at radius 1 is 0.848 bits per heavy atom. The number of para-hydroxylation sites is 1. The quantitative estimate of drug-likeness (QED) is 0.561. The van der Waals surface area contributed by atoms with E-state index in [2.05, 4.69) is 5.32 Å². The number of carbonyl (C=O) groups is 2. The van der Waals surface area contributed by atoms with Gasteiger partial charge in [0.25, 0.3) is 5.91 Å². The number of nitrogens with one attached hydrogen (secondary N) is 1. The van der Waals surface area contributed by atoms with Crippen molar-refractivity contribution in [3.8, 4) is 0 Å². The molecule has 4 rings (SSSR count). The van der Waals surface area contributed by atoms with Crippen LogP contribution < -0.4 is 5.32 Å². The minimum Gasteiger partial charge on any atom is -0.340 e.